The minimum Gasteiger partial charge on any atom is -0.299 e. The van der Waals surface area contributed by atoms with Crippen molar-refractivity contribution in [2.24, 2.45) is 17.8 Å². The fourth-order valence-corrected chi connectivity index (χ4v) is 2.65. The van der Waals surface area contributed by atoms with Gasteiger partial charge in [-0.2, -0.15) is 0 Å². The van der Waals surface area contributed by atoms with Crippen molar-refractivity contribution in [3.05, 3.63) is 0 Å². The van der Waals surface area contributed by atoms with Crippen LogP contribution in [-0.4, -0.2) is 5.78 Å². The van der Waals surface area contributed by atoms with Gasteiger partial charge in [-0.25, -0.2) is 0 Å². The first kappa shape index (κ1) is 6.38. The zero-order valence-corrected chi connectivity index (χ0v) is 6.47. The predicted octanol–water partition coefficient (Wildman–Crippen LogP) is 2.01. The standard InChI is InChI=1S/C9H14O/c1-6-2-3-8-7(6)4-5-9(8)10/h6-8H,2-5H2,1H3/t6-,7+,8-/m1/s1. The summed E-state index contributed by atoms with van der Waals surface area (Å²) in [6.45, 7) is 2.29. The Bertz CT molecular complexity index is 162. The maximum absolute atomic E-state index is 11.2. The van der Waals surface area contributed by atoms with E-state index in [-0.39, 0.29) is 0 Å². The van der Waals surface area contributed by atoms with Gasteiger partial charge in [0.25, 0.3) is 0 Å². The third-order valence-electron chi connectivity index (χ3n) is 3.32. The van der Waals surface area contributed by atoms with E-state index in [1.165, 1.54) is 19.3 Å². The molecule has 0 spiro atoms. The molecule has 0 heterocycles. The molecule has 2 aliphatic rings. The first-order valence-corrected chi connectivity index (χ1v) is 4.32. The van der Waals surface area contributed by atoms with Crippen LogP contribution >= 0.6 is 0 Å². The monoisotopic (exact) mass is 138 g/mol. The molecule has 0 aromatic rings. The maximum atomic E-state index is 11.2. The number of hydrogen-bond donors (Lipinski definition) is 0. The highest BCUT2D eigenvalue weighted by Crippen LogP contribution is 2.45. The summed E-state index contributed by atoms with van der Waals surface area (Å²) in [7, 11) is 0. The third-order valence-corrected chi connectivity index (χ3v) is 3.32. The Morgan fingerprint density at radius 2 is 2.10 bits per heavy atom. The van der Waals surface area contributed by atoms with Crippen molar-refractivity contribution >= 4 is 5.78 Å². The topological polar surface area (TPSA) is 17.1 Å². The lowest BCUT2D eigenvalue weighted by atomic mass is 9.94. The van der Waals surface area contributed by atoms with Gasteiger partial charge in [-0.15, -0.1) is 0 Å². The number of carbonyl (C=O) groups excluding carboxylic acids is 1. The first-order valence-electron chi connectivity index (χ1n) is 4.32. The Hall–Kier alpha value is -0.330. The molecule has 0 N–H and O–H groups in total. The Morgan fingerprint density at radius 3 is 2.80 bits per heavy atom. The van der Waals surface area contributed by atoms with Gasteiger partial charge in [0.2, 0.25) is 0 Å². The highest BCUT2D eigenvalue weighted by Gasteiger charge is 2.41. The van der Waals surface area contributed by atoms with Gasteiger partial charge < -0.3 is 0 Å². The summed E-state index contributed by atoms with van der Waals surface area (Å²) in [6.07, 6.45) is 4.54. The number of ketones is 1. The van der Waals surface area contributed by atoms with E-state index in [9.17, 15) is 4.79 Å². The lowest BCUT2D eigenvalue weighted by molar-refractivity contribution is -0.120. The molecule has 0 unspecified atom stereocenters. The molecule has 0 aromatic heterocycles. The molecule has 10 heavy (non-hydrogen) atoms. The molecule has 0 aliphatic heterocycles. The fraction of sp³-hybridized carbons (Fsp3) is 0.889. The summed E-state index contributed by atoms with van der Waals surface area (Å²) in [5.74, 6) is 2.63. The average Bonchev–Trinajstić information content (AvgIpc) is 2.41. The van der Waals surface area contributed by atoms with Crippen molar-refractivity contribution < 1.29 is 4.79 Å². The summed E-state index contributed by atoms with van der Waals surface area (Å²) in [5.41, 5.74) is 0. The van der Waals surface area contributed by atoms with Gasteiger partial charge in [0, 0.05) is 12.3 Å². The van der Waals surface area contributed by atoms with E-state index in [1.54, 1.807) is 0 Å². The summed E-state index contributed by atoms with van der Waals surface area (Å²) in [4.78, 5) is 11.2. The Kier molecular flexibility index (Phi) is 1.33. The predicted molar refractivity (Wildman–Crippen MR) is 39.6 cm³/mol. The first-order chi connectivity index (χ1) is 4.79. The summed E-state index contributed by atoms with van der Waals surface area (Å²) >= 11 is 0. The fourth-order valence-electron chi connectivity index (χ4n) is 2.65. The van der Waals surface area contributed by atoms with Crippen LogP contribution in [0.1, 0.15) is 32.6 Å². The van der Waals surface area contributed by atoms with Gasteiger partial charge in [-0.3, -0.25) is 4.79 Å². The van der Waals surface area contributed by atoms with E-state index in [4.69, 9.17) is 0 Å². The second-order valence-electron chi connectivity index (χ2n) is 3.83. The smallest absolute Gasteiger partial charge is 0.136 e. The summed E-state index contributed by atoms with van der Waals surface area (Å²) in [6, 6.07) is 0. The molecular weight excluding hydrogens is 124 g/mol. The molecule has 1 heteroatoms. The van der Waals surface area contributed by atoms with Crippen LogP contribution in [0, 0.1) is 17.8 Å². The van der Waals surface area contributed by atoms with Crippen LogP contribution in [0.25, 0.3) is 0 Å². The van der Waals surface area contributed by atoms with Gasteiger partial charge in [0.15, 0.2) is 0 Å². The summed E-state index contributed by atoms with van der Waals surface area (Å²) in [5, 5.41) is 0. The Balaban J connectivity index is 2.16. The molecule has 0 amide bonds. The van der Waals surface area contributed by atoms with E-state index in [1.807, 2.05) is 0 Å². The Labute approximate surface area is 61.8 Å². The van der Waals surface area contributed by atoms with Crippen LogP contribution in [-0.2, 0) is 4.79 Å². The molecule has 0 bridgehead atoms. The molecule has 1 nitrogen and oxygen atoms in total. The second kappa shape index (κ2) is 2.08. The maximum Gasteiger partial charge on any atom is 0.136 e. The molecule has 0 aromatic carbocycles. The van der Waals surface area contributed by atoms with E-state index in [2.05, 4.69) is 6.92 Å². The molecule has 3 atom stereocenters. The van der Waals surface area contributed by atoms with Gasteiger partial charge in [-0.1, -0.05) is 6.92 Å². The molecule has 2 rings (SSSR count). The van der Waals surface area contributed by atoms with Crippen molar-refractivity contribution in [3.8, 4) is 0 Å². The molecular formula is C9H14O. The van der Waals surface area contributed by atoms with Crippen molar-refractivity contribution in [3.63, 3.8) is 0 Å². The second-order valence-corrected chi connectivity index (χ2v) is 3.83. The number of hydrogen-bond acceptors (Lipinski definition) is 1. The Morgan fingerprint density at radius 1 is 1.30 bits per heavy atom. The normalized spacial score (nSPS) is 46.1. The van der Waals surface area contributed by atoms with Crippen LogP contribution in [0.2, 0.25) is 0 Å². The van der Waals surface area contributed by atoms with Crippen molar-refractivity contribution in [1.82, 2.24) is 0 Å². The van der Waals surface area contributed by atoms with Crippen LogP contribution in [0.4, 0.5) is 0 Å². The molecule has 2 fully saturated rings. The third kappa shape index (κ3) is 0.727. The average molecular weight is 138 g/mol. The van der Waals surface area contributed by atoms with Gasteiger partial charge in [0.1, 0.15) is 5.78 Å². The van der Waals surface area contributed by atoms with E-state index >= 15 is 0 Å². The number of fused-ring (bicyclic) bond motifs is 1. The van der Waals surface area contributed by atoms with Gasteiger partial charge >= 0.3 is 0 Å². The van der Waals surface area contributed by atoms with E-state index in [0.29, 0.717) is 11.7 Å². The molecule has 2 saturated carbocycles. The van der Waals surface area contributed by atoms with Crippen molar-refractivity contribution in [1.29, 1.82) is 0 Å². The zero-order valence-electron chi connectivity index (χ0n) is 6.47. The highest BCUT2D eigenvalue weighted by molar-refractivity contribution is 5.83. The minimum atomic E-state index is 0.481. The zero-order chi connectivity index (χ0) is 7.14. The molecule has 2 aliphatic carbocycles. The molecule has 0 radical (unpaired) electrons. The molecule has 0 saturated heterocycles. The lowest BCUT2D eigenvalue weighted by Gasteiger charge is -2.10. The number of Topliss-reactive ketones (excluding diaryl/α,β-unsaturated/α-hetero) is 1. The summed E-state index contributed by atoms with van der Waals surface area (Å²) < 4.78 is 0. The van der Waals surface area contributed by atoms with Crippen LogP contribution < -0.4 is 0 Å². The van der Waals surface area contributed by atoms with Crippen LogP contribution in [0.15, 0.2) is 0 Å². The molecule has 56 valence electrons. The quantitative estimate of drug-likeness (QED) is 0.500. The highest BCUT2D eigenvalue weighted by atomic mass is 16.1. The van der Waals surface area contributed by atoms with E-state index < -0.39 is 0 Å². The van der Waals surface area contributed by atoms with Gasteiger partial charge in [-0.05, 0) is 31.1 Å². The van der Waals surface area contributed by atoms with Crippen LogP contribution in [0.5, 0.6) is 0 Å². The minimum absolute atomic E-state index is 0.481. The lowest BCUT2D eigenvalue weighted by Crippen LogP contribution is -2.10. The number of carbonyl (C=O) groups is 1. The number of rotatable bonds is 0. The van der Waals surface area contributed by atoms with Crippen LogP contribution in [0.3, 0.4) is 0 Å². The SMILES string of the molecule is C[C@@H]1CC[C@H]2C(=O)CC[C@@H]12. The van der Waals surface area contributed by atoms with Crippen molar-refractivity contribution in [2.75, 3.05) is 0 Å². The van der Waals surface area contributed by atoms with Gasteiger partial charge in [0.05, 0.1) is 0 Å². The van der Waals surface area contributed by atoms with E-state index in [0.717, 1.165) is 18.3 Å². The largest absolute Gasteiger partial charge is 0.299 e. The van der Waals surface area contributed by atoms with Crippen molar-refractivity contribution in [2.45, 2.75) is 32.6 Å².